The second-order valence-electron chi connectivity index (χ2n) is 8.04. The molecule has 2 saturated heterocycles. The van der Waals surface area contributed by atoms with Crippen molar-refractivity contribution in [2.45, 2.75) is 25.8 Å². The Hall–Kier alpha value is -3.32. The van der Waals surface area contributed by atoms with Crippen LogP contribution in [0.1, 0.15) is 24.0 Å². The van der Waals surface area contributed by atoms with Gasteiger partial charge in [-0.15, -0.1) is 0 Å². The third-order valence-electron chi connectivity index (χ3n) is 5.84. The SMILES string of the molecule is Cc1cc(N2CCC[C@@H]2COc2ccc(C=C3SC(=O)NC3=O)cc2)nc2ccccc12. The summed E-state index contributed by atoms with van der Waals surface area (Å²) in [6.45, 7) is 3.69. The number of nitrogens with zero attached hydrogens (tertiary/aromatic N) is 2. The van der Waals surface area contributed by atoms with Crippen LogP contribution in [-0.2, 0) is 4.79 Å². The number of anilines is 1. The van der Waals surface area contributed by atoms with Crippen LogP contribution in [0.15, 0.2) is 59.5 Å². The number of carbonyl (C=O) groups is 2. The van der Waals surface area contributed by atoms with Crippen LogP contribution in [-0.4, -0.2) is 35.3 Å². The summed E-state index contributed by atoms with van der Waals surface area (Å²) in [6.07, 6.45) is 3.89. The molecule has 0 aliphatic carbocycles. The van der Waals surface area contributed by atoms with Crippen LogP contribution in [0, 0.1) is 6.92 Å². The summed E-state index contributed by atoms with van der Waals surface area (Å²) in [6, 6.07) is 18.3. The van der Waals surface area contributed by atoms with Gasteiger partial charge in [0.15, 0.2) is 0 Å². The van der Waals surface area contributed by atoms with E-state index < -0.39 is 0 Å². The van der Waals surface area contributed by atoms with Crippen molar-refractivity contribution < 1.29 is 14.3 Å². The van der Waals surface area contributed by atoms with Crippen molar-refractivity contribution in [3.05, 3.63) is 70.6 Å². The van der Waals surface area contributed by atoms with Gasteiger partial charge in [-0.1, -0.05) is 30.3 Å². The van der Waals surface area contributed by atoms with Crippen molar-refractivity contribution >= 4 is 45.7 Å². The molecule has 2 amide bonds. The standard InChI is InChI=1S/C25H23N3O3S/c1-16-13-23(26-21-7-3-2-6-20(16)21)28-12-4-5-18(28)15-31-19-10-8-17(9-11-19)14-22-24(29)27-25(30)32-22/h2-3,6-11,13-14,18H,4-5,12,15H2,1H3,(H,27,29,30)/t18-/m1/s1. The first kappa shape index (κ1) is 20.6. The van der Waals surface area contributed by atoms with E-state index in [-0.39, 0.29) is 17.2 Å². The van der Waals surface area contributed by atoms with Gasteiger partial charge in [-0.2, -0.15) is 0 Å². The molecule has 0 unspecified atom stereocenters. The fourth-order valence-corrected chi connectivity index (χ4v) is 4.90. The Morgan fingerprint density at radius 1 is 1.19 bits per heavy atom. The van der Waals surface area contributed by atoms with E-state index in [1.807, 2.05) is 36.4 Å². The molecule has 3 heterocycles. The van der Waals surface area contributed by atoms with Crippen LogP contribution in [0.4, 0.5) is 10.6 Å². The van der Waals surface area contributed by atoms with Crippen molar-refractivity contribution in [1.29, 1.82) is 0 Å². The summed E-state index contributed by atoms with van der Waals surface area (Å²) in [5.74, 6) is 1.44. The van der Waals surface area contributed by atoms with Gasteiger partial charge >= 0.3 is 0 Å². The number of aryl methyl sites for hydroxylation is 1. The summed E-state index contributed by atoms with van der Waals surface area (Å²) >= 11 is 0.918. The largest absolute Gasteiger partial charge is 0.491 e. The lowest BCUT2D eigenvalue weighted by Gasteiger charge is -2.26. The van der Waals surface area contributed by atoms with Crippen molar-refractivity contribution in [3.63, 3.8) is 0 Å². The Balaban J connectivity index is 1.26. The number of hydrogen-bond acceptors (Lipinski definition) is 6. The maximum absolute atomic E-state index is 11.7. The van der Waals surface area contributed by atoms with Crippen LogP contribution >= 0.6 is 11.8 Å². The number of thioether (sulfide) groups is 1. The zero-order valence-electron chi connectivity index (χ0n) is 17.7. The molecular formula is C25H23N3O3S. The van der Waals surface area contributed by atoms with Crippen molar-refractivity contribution in [2.75, 3.05) is 18.1 Å². The van der Waals surface area contributed by atoms with Gasteiger partial charge in [-0.25, -0.2) is 4.98 Å². The molecule has 1 atom stereocenters. The number of para-hydroxylation sites is 1. The molecule has 7 heteroatoms. The average Bonchev–Trinajstić information content (AvgIpc) is 3.39. The fourth-order valence-electron chi connectivity index (χ4n) is 4.21. The van der Waals surface area contributed by atoms with E-state index in [1.165, 1.54) is 10.9 Å². The van der Waals surface area contributed by atoms with Crippen molar-refractivity contribution in [2.24, 2.45) is 0 Å². The van der Waals surface area contributed by atoms with E-state index in [1.54, 1.807) is 6.08 Å². The minimum atomic E-state index is -0.348. The van der Waals surface area contributed by atoms with E-state index in [0.717, 1.165) is 53.8 Å². The van der Waals surface area contributed by atoms with Gasteiger partial charge < -0.3 is 9.64 Å². The highest BCUT2D eigenvalue weighted by molar-refractivity contribution is 8.18. The van der Waals surface area contributed by atoms with Crippen LogP contribution in [0.5, 0.6) is 5.75 Å². The second-order valence-corrected chi connectivity index (χ2v) is 9.05. The number of fused-ring (bicyclic) bond motifs is 1. The first-order valence-electron chi connectivity index (χ1n) is 10.7. The summed E-state index contributed by atoms with van der Waals surface area (Å²) in [7, 11) is 0. The van der Waals surface area contributed by atoms with E-state index in [2.05, 4.69) is 35.3 Å². The number of ether oxygens (including phenoxy) is 1. The van der Waals surface area contributed by atoms with Gasteiger partial charge in [0.25, 0.3) is 11.1 Å². The first-order valence-corrected chi connectivity index (χ1v) is 11.5. The molecular weight excluding hydrogens is 422 g/mol. The molecule has 0 radical (unpaired) electrons. The minimum Gasteiger partial charge on any atom is -0.491 e. The Morgan fingerprint density at radius 3 is 2.78 bits per heavy atom. The van der Waals surface area contributed by atoms with E-state index in [0.29, 0.717) is 11.5 Å². The summed E-state index contributed by atoms with van der Waals surface area (Å²) in [5.41, 5.74) is 3.11. The Bertz CT molecular complexity index is 1220. The molecule has 5 rings (SSSR count). The minimum absolute atomic E-state index is 0.273. The Morgan fingerprint density at radius 2 is 2.00 bits per heavy atom. The highest BCUT2D eigenvalue weighted by atomic mass is 32.2. The van der Waals surface area contributed by atoms with Crippen LogP contribution in [0.2, 0.25) is 0 Å². The first-order chi connectivity index (χ1) is 15.6. The molecule has 3 aromatic rings. The van der Waals surface area contributed by atoms with E-state index >= 15 is 0 Å². The van der Waals surface area contributed by atoms with Gasteiger partial charge in [0.1, 0.15) is 18.2 Å². The highest BCUT2D eigenvalue weighted by Gasteiger charge is 2.27. The third-order valence-corrected chi connectivity index (χ3v) is 6.65. The predicted molar refractivity (Wildman–Crippen MR) is 128 cm³/mol. The van der Waals surface area contributed by atoms with E-state index in [4.69, 9.17) is 9.72 Å². The number of pyridine rings is 1. The zero-order valence-corrected chi connectivity index (χ0v) is 18.5. The molecule has 2 aliphatic heterocycles. The van der Waals surface area contributed by atoms with Gasteiger partial charge in [0.05, 0.1) is 16.5 Å². The molecule has 2 aromatic carbocycles. The third kappa shape index (κ3) is 4.21. The quantitative estimate of drug-likeness (QED) is 0.563. The number of carbonyl (C=O) groups excluding carboxylic acids is 2. The summed E-state index contributed by atoms with van der Waals surface area (Å²) < 4.78 is 6.09. The lowest BCUT2D eigenvalue weighted by Crippen LogP contribution is -2.34. The monoisotopic (exact) mass is 445 g/mol. The number of amides is 2. The van der Waals surface area contributed by atoms with Crippen molar-refractivity contribution in [1.82, 2.24) is 10.3 Å². The van der Waals surface area contributed by atoms with Gasteiger partial charge in [-0.05, 0) is 73.0 Å². The Labute approximate surface area is 190 Å². The number of nitrogens with one attached hydrogen (secondary N) is 1. The molecule has 0 spiro atoms. The molecule has 1 aromatic heterocycles. The topological polar surface area (TPSA) is 71.5 Å². The molecule has 6 nitrogen and oxygen atoms in total. The highest BCUT2D eigenvalue weighted by Crippen LogP contribution is 2.29. The number of imide groups is 1. The average molecular weight is 446 g/mol. The van der Waals surface area contributed by atoms with Crippen LogP contribution in [0.3, 0.4) is 0 Å². The predicted octanol–water partition coefficient (Wildman–Crippen LogP) is 4.91. The smallest absolute Gasteiger partial charge is 0.290 e. The molecule has 1 N–H and O–H groups in total. The maximum atomic E-state index is 11.7. The van der Waals surface area contributed by atoms with Crippen LogP contribution < -0.4 is 15.0 Å². The normalized spacial score (nSPS) is 19.7. The number of aromatic nitrogens is 1. The number of benzene rings is 2. The molecule has 2 aliphatic rings. The lowest BCUT2D eigenvalue weighted by atomic mass is 10.1. The van der Waals surface area contributed by atoms with Crippen LogP contribution in [0.25, 0.3) is 17.0 Å². The van der Waals surface area contributed by atoms with Gasteiger partial charge in [0, 0.05) is 11.9 Å². The lowest BCUT2D eigenvalue weighted by molar-refractivity contribution is -0.115. The molecule has 0 saturated carbocycles. The van der Waals surface area contributed by atoms with Gasteiger partial charge in [-0.3, -0.25) is 14.9 Å². The number of rotatable bonds is 5. The fraction of sp³-hybridized carbons (Fsp3) is 0.240. The van der Waals surface area contributed by atoms with E-state index in [9.17, 15) is 9.59 Å². The Kier molecular flexibility index (Phi) is 5.57. The second kappa shape index (κ2) is 8.67. The summed E-state index contributed by atoms with van der Waals surface area (Å²) in [4.78, 5) is 30.6. The summed E-state index contributed by atoms with van der Waals surface area (Å²) in [5, 5.41) is 3.12. The van der Waals surface area contributed by atoms with Crippen molar-refractivity contribution in [3.8, 4) is 5.75 Å². The molecule has 0 bridgehead atoms. The number of hydrogen-bond donors (Lipinski definition) is 1. The molecule has 2 fully saturated rings. The maximum Gasteiger partial charge on any atom is 0.290 e. The molecule has 32 heavy (non-hydrogen) atoms. The van der Waals surface area contributed by atoms with Gasteiger partial charge in [0.2, 0.25) is 0 Å². The molecule has 162 valence electrons. The zero-order chi connectivity index (χ0) is 22.1.